The fourth-order valence-corrected chi connectivity index (χ4v) is 1.38. The Morgan fingerprint density at radius 1 is 1.57 bits per heavy atom. The van der Waals surface area contributed by atoms with E-state index in [1.54, 1.807) is 19.1 Å². The van der Waals surface area contributed by atoms with E-state index in [0.717, 1.165) is 17.0 Å². The van der Waals surface area contributed by atoms with Crippen molar-refractivity contribution in [2.45, 2.75) is 26.4 Å². The lowest BCUT2D eigenvalue weighted by Gasteiger charge is -2.09. The van der Waals surface area contributed by atoms with Gasteiger partial charge in [0.25, 0.3) is 0 Å². The average Bonchev–Trinajstić information content (AvgIpc) is 2.20. The van der Waals surface area contributed by atoms with Crippen LogP contribution >= 0.6 is 11.6 Å². The molecule has 0 bridgehead atoms. The average molecular weight is 210 g/mol. The Labute approximate surface area is 89.1 Å². The number of nitrogens with zero attached hydrogens (tertiary/aromatic N) is 1. The SMILES string of the molecule is CCc1cc(OC(C)C#N)ccc1Cl. The van der Waals surface area contributed by atoms with Crippen LogP contribution in [0.15, 0.2) is 18.2 Å². The second-order valence-corrected chi connectivity index (χ2v) is 3.40. The summed E-state index contributed by atoms with van der Waals surface area (Å²) in [5, 5.41) is 9.32. The summed E-state index contributed by atoms with van der Waals surface area (Å²) >= 11 is 5.95. The van der Waals surface area contributed by atoms with E-state index in [2.05, 4.69) is 0 Å². The number of aryl methyl sites for hydroxylation is 1. The van der Waals surface area contributed by atoms with Crippen molar-refractivity contribution in [1.82, 2.24) is 0 Å². The quantitative estimate of drug-likeness (QED) is 0.766. The molecule has 1 aromatic rings. The van der Waals surface area contributed by atoms with Gasteiger partial charge in [-0.25, -0.2) is 0 Å². The highest BCUT2D eigenvalue weighted by molar-refractivity contribution is 6.31. The van der Waals surface area contributed by atoms with Crippen molar-refractivity contribution in [3.63, 3.8) is 0 Å². The minimum absolute atomic E-state index is 0.430. The monoisotopic (exact) mass is 209 g/mol. The summed E-state index contributed by atoms with van der Waals surface area (Å²) in [5.41, 5.74) is 1.04. The summed E-state index contributed by atoms with van der Waals surface area (Å²) in [7, 11) is 0. The number of hydrogen-bond acceptors (Lipinski definition) is 2. The third-order valence-electron chi connectivity index (χ3n) is 1.89. The molecule has 0 aliphatic rings. The van der Waals surface area contributed by atoms with Gasteiger partial charge in [0.1, 0.15) is 11.8 Å². The van der Waals surface area contributed by atoms with Gasteiger partial charge in [-0.3, -0.25) is 0 Å². The molecule has 74 valence electrons. The molecule has 0 saturated carbocycles. The molecule has 0 N–H and O–H groups in total. The van der Waals surface area contributed by atoms with Gasteiger partial charge in [-0.05, 0) is 37.1 Å². The van der Waals surface area contributed by atoms with E-state index in [1.807, 2.05) is 19.1 Å². The summed E-state index contributed by atoms with van der Waals surface area (Å²) in [5.74, 6) is 0.695. The lowest BCUT2D eigenvalue weighted by Crippen LogP contribution is -2.08. The Hall–Kier alpha value is -1.20. The predicted octanol–water partition coefficient (Wildman–Crippen LogP) is 3.19. The van der Waals surface area contributed by atoms with E-state index < -0.39 is 6.10 Å². The van der Waals surface area contributed by atoms with E-state index in [4.69, 9.17) is 21.6 Å². The third kappa shape index (κ3) is 2.65. The highest BCUT2D eigenvalue weighted by Crippen LogP contribution is 2.23. The van der Waals surface area contributed by atoms with Crippen LogP contribution in [0.2, 0.25) is 5.02 Å². The van der Waals surface area contributed by atoms with E-state index in [9.17, 15) is 0 Å². The lowest BCUT2D eigenvalue weighted by atomic mass is 10.1. The maximum absolute atomic E-state index is 8.58. The standard InChI is InChI=1S/C11H12ClNO/c1-3-9-6-10(4-5-11(9)12)14-8(2)7-13/h4-6,8H,3H2,1-2H3. The van der Waals surface area contributed by atoms with E-state index >= 15 is 0 Å². The van der Waals surface area contributed by atoms with Crippen molar-refractivity contribution in [3.8, 4) is 11.8 Å². The van der Waals surface area contributed by atoms with Crippen molar-refractivity contribution in [2.24, 2.45) is 0 Å². The van der Waals surface area contributed by atoms with Crippen molar-refractivity contribution >= 4 is 11.6 Å². The molecule has 0 fully saturated rings. The molecular formula is C11H12ClNO. The van der Waals surface area contributed by atoms with Gasteiger partial charge >= 0.3 is 0 Å². The number of rotatable bonds is 3. The van der Waals surface area contributed by atoms with E-state index in [-0.39, 0.29) is 0 Å². The van der Waals surface area contributed by atoms with Gasteiger partial charge in [0.05, 0.1) is 0 Å². The maximum Gasteiger partial charge on any atom is 0.181 e. The molecule has 1 atom stereocenters. The van der Waals surface area contributed by atoms with Crippen LogP contribution in [0.4, 0.5) is 0 Å². The van der Waals surface area contributed by atoms with Crippen molar-refractivity contribution in [1.29, 1.82) is 5.26 Å². The topological polar surface area (TPSA) is 33.0 Å². The van der Waals surface area contributed by atoms with Crippen LogP contribution in [0.25, 0.3) is 0 Å². The van der Waals surface area contributed by atoms with Gasteiger partial charge in [0, 0.05) is 5.02 Å². The summed E-state index contributed by atoms with van der Waals surface area (Å²) in [6.45, 7) is 3.74. The van der Waals surface area contributed by atoms with Crippen LogP contribution in [-0.2, 0) is 6.42 Å². The van der Waals surface area contributed by atoms with Crippen LogP contribution in [0.1, 0.15) is 19.4 Å². The summed E-state index contributed by atoms with van der Waals surface area (Å²) in [6, 6.07) is 7.45. The number of hydrogen-bond donors (Lipinski definition) is 0. The molecule has 1 unspecified atom stereocenters. The van der Waals surface area contributed by atoms with Crippen molar-refractivity contribution in [3.05, 3.63) is 28.8 Å². The second-order valence-electron chi connectivity index (χ2n) is 3.00. The molecule has 0 spiro atoms. The van der Waals surface area contributed by atoms with Crippen molar-refractivity contribution < 1.29 is 4.74 Å². The Kier molecular flexibility index (Phi) is 3.79. The Morgan fingerprint density at radius 3 is 2.86 bits per heavy atom. The first-order chi connectivity index (χ1) is 6.67. The minimum Gasteiger partial charge on any atom is -0.476 e. The van der Waals surface area contributed by atoms with Gasteiger partial charge in [-0.15, -0.1) is 0 Å². The Bertz CT molecular complexity index is 357. The van der Waals surface area contributed by atoms with Crippen LogP contribution in [0.3, 0.4) is 0 Å². The van der Waals surface area contributed by atoms with Gasteiger partial charge in [-0.1, -0.05) is 18.5 Å². The first-order valence-corrected chi connectivity index (χ1v) is 4.90. The van der Waals surface area contributed by atoms with Gasteiger partial charge in [-0.2, -0.15) is 5.26 Å². The van der Waals surface area contributed by atoms with E-state index in [0.29, 0.717) is 5.75 Å². The van der Waals surface area contributed by atoms with Gasteiger partial charge in [0.15, 0.2) is 6.10 Å². The molecule has 0 heterocycles. The van der Waals surface area contributed by atoms with Crippen LogP contribution in [0.5, 0.6) is 5.75 Å². The first-order valence-electron chi connectivity index (χ1n) is 4.52. The van der Waals surface area contributed by atoms with Crippen molar-refractivity contribution in [2.75, 3.05) is 0 Å². The molecule has 0 saturated heterocycles. The zero-order chi connectivity index (χ0) is 10.6. The van der Waals surface area contributed by atoms with Crippen LogP contribution in [-0.4, -0.2) is 6.10 Å². The van der Waals surface area contributed by atoms with Gasteiger partial charge < -0.3 is 4.74 Å². The number of halogens is 1. The number of nitriles is 1. The van der Waals surface area contributed by atoms with Gasteiger partial charge in [0.2, 0.25) is 0 Å². The smallest absolute Gasteiger partial charge is 0.181 e. The molecule has 14 heavy (non-hydrogen) atoms. The molecule has 0 aliphatic heterocycles. The van der Waals surface area contributed by atoms with E-state index in [1.165, 1.54) is 0 Å². The Balaban J connectivity index is 2.85. The zero-order valence-electron chi connectivity index (χ0n) is 8.25. The highest BCUT2D eigenvalue weighted by atomic mass is 35.5. The lowest BCUT2D eigenvalue weighted by molar-refractivity contribution is 0.276. The zero-order valence-corrected chi connectivity index (χ0v) is 9.01. The molecule has 2 nitrogen and oxygen atoms in total. The number of ether oxygens (including phenoxy) is 1. The molecule has 1 aromatic carbocycles. The highest BCUT2D eigenvalue weighted by Gasteiger charge is 2.04. The number of benzene rings is 1. The summed E-state index contributed by atoms with van der Waals surface area (Å²) in [4.78, 5) is 0. The van der Waals surface area contributed by atoms with Crippen LogP contribution in [0, 0.1) is 11.3 Å². The minimum atomic E-state index is -0.430. The largest absolute Gasteiger partial charge is 0.476 e. The molecule has 0 aromatic heterocycles. The fraction of sp³-hybridized carbons (Fsp3) is 0.364. The second kappa shape index (κ2) is 4.88. The molecule has 3 heteroatoms. The molecule has 1 rings (SSSR count). The molecule has 0 amide bonds. The predicted molar refractivity (Wildman–Crippen MR) is 56.5 cm³/mol. The molecule has 0 radical (unpaired) electrons. The third-order valence-corrected chi connectivity index (χ3v) is 2.26. The first kappa shape index (κ1) is 10.9. The normalized spacial score (nSPS) is 11.9. The van der Waals surface area contributed by atoms with Crippen LogP contribution < -0.4 is 4.74 Å². The summed E-state index contributed by atoms with van der Waals surface area (Å²) in [6.07, 6.45) is 0.428. The molecule has 0 aliphatic carbocycles. The fourth-order valence-electron chi connectivity index (χ4n) is 1.13. The summed E-state index contributed by atoms with van der Waals surface area (Å²) < 4.78 is 5.34. The molecular weight excluding hydrogens is 198 g/mol. The Morgan fingerprint density at radius 2 is 2.29 bits per heavy atom. The maximum atomic E-state index is 8.58.